The van der Waals surface area contributed by atoms with Crippen LogP contribution in [0.15, 0.2) is 54.6 Å². The SMILES string of the molecule is CC[C@@H](C)NC(=O)c1cc(NC(=O)/C=C/c2ccccc2)ccc1N1CCCCC1. The van der Waals surface area contributed by atoms with E-state index >= 15 is 0 Å². The summed E-state index contributed by atoms with van der Waals surface area (Å²) in [6, 6.07) is 15.4. The molecule has 1 atom stereocenters. The Balaban J connectivity index is 1.79. The Morgan fingerprint density at radius 2 is 1.80 bits per heavy atom. The highest BCUT2D eigenvalue weighted by Crippen LogP contribution is 2.27. The molecular weight excluding hydrogens is 374 g/mol. The molecule has 30 heavy (non-hydrogen) atoms. The van der Waals surface area contributed by atoms with Gasteiger partial charge in [0.25, 0.3) is 5.91 Å². The minimum atomic E-state index is -0.224. The number of nitrogens with one attached hydrogen (secondary N) is 2. The first-order valence-electron chi connectivity index (χ1n) is 10.8. The standard InChI is InChI=1S/C25H31N3O2/c1-3-19(2)26-25(30)22-18-21(13-14-23(22)28-16-8-5-9-17-28)27-24(29)15-12-20-10-6-4-7-11-20/h4,6-7,10-15,18-19H,3,5,8-9,16-17H2,1-2H3,(H,26,30)(H,27,29)/b15-12+/t19-/m1/s1. The lowest BCUT2D eigenvalue weighted by Crippen LogP contribution is -2.35. The lowest BCUT2D eigenvalue weighted by Gasteiger charge is -2.30. The van der Waals surface area contributed by atoms with Crippen LogP contribution < -0.4 is 15.5 Å². The average Bonchev–Trinajstić information content (AvgIpc) is 2.78. The second kappa shape index (κ2) is 10.6. The van der Waals surface area contributed by atoms with E-state index in [-0.39, 0.29) is 17.9 Å². The van der Waals surface area contributed by atoms with Crippen LogP contribution in [0.3, 0.4) is 0 Å². The van der Waals surface area contributed by atoms with E-state index in [0.29, 0.717) is 11.3 Å². The predicted octanol–water partition coefficient (Wildman–Crippen LogP) is 4.86. The summed E-state index contributed by atoms with van der Waals surface area (Å²) in [5, 5.41) is 5.94. The van der Waals surface area contributed by atoms with Gasteiger partial charge in [0.05, 0.1) is 5.56 Å². The van der Waals surface area contributed by atoms with Gasteiger partial charge in [-0.15, -0.1) is 0 Å². The summed E-state index contributed by atoms with van der Waals surface area (Å²) in [7, 11) is 0. The second-order valence-electron chi connectivity index (χ2n) is 7.80. The molecule has 2 amide bonds. The van der Waals surface area contributed by atoms with Gasteiger partial charge in [-0.3, -0.25) is 9.59 Å². The Bertz CT molecular complexity index is 887. The van der Waals surface area contributed by atoms with Crippen LogP contribution in [-0.2, 0) is 4.79 Å². The highest BCUT2D eigenvalue weighted by molar-refractivity contribution is 6.05. The van der Waals surface area contributed by atoms with E-state index < -0.39 is 0 Å². The molecule has 2 aromatic carbocycles. The van der Waals surface area contributed by atoms with Crippen molar-refractivity contribution in [3.8, 4) is 0 Å². The van der Waals surface area contributed by atoms with Crippen molar-refractivity contribution in [3.63, 3.8) is 0 Å². The molecule has 1 saturated heterocycles. The third-order valence-corrected chi connectivity index (χ3v) is 5.42. The smallest absolute Gasteiger partial charge is 0.253 e. The van der Waals surface area contributed by atoms with E-state index in [0.717, 1.165) is 43.6 Å². The van der Waals surface area contributed by atoms with Crippen LogP contribution >= 0.6 is 0 Å². The quantitative estimate of drug-likeness (QED) is 0.647. The highest BCUT2D eigenvalue weighted by atomic mass is 16.2. The first-order valence-corrected chi connectivity index (χ1v) is 10.8. The molecule has 0 bridgehead atoms. The maximum atomic E-state index is 13.0. The van der Waals surface area contributed by atoms with Crippen LogP contribution in [0.2, 0.25) is 0 Å². The van der Waals surface area contributed by atoms with E-state index in [1.807, 2.05) is 56.3 Å². The summed E-state index contributed by atoms with van der Waals surface area (Å²) < 4.78 is 0. The van der Waals surface area contributed by atoms with Gasteiger partial charge in [-0.2, -0.15) is 0 Å². The van der Waals surface area contributed by atoms with E-state index in [9.17, 15) is 9.59 Å². The molecule has 1 heterocycles. The number of rotatable bonds is 7. The maximum Gasteiger partial charge on any atom is 0.253 e. The fourth-order valence-corrected chi connectivity index (χ4v) is 3.53. The van der Waals surface area contributed by atoms with Gasteiger partial charge in [0.2, 0.25) is 5.91 Å². The number of hydrogen-bond donors (Lipinski definition) is 2. The van der Waals surface area contributed by atoms with Gasteiger partial charge in [-0.05, 0) is 62.4 Å². The van der Waals surface area contributed by atoms with Crippen molar-refractivity contribution in [1.29, 1.82) is 0 Å². The van der Waals surface area contributed by atoms with Crippen molar-refractivity contribution in [2.75, 3.05) is 23.3 Å². The molecule has 0 saturated carbocycles. The van der Waals surface area contributed by atoms with E-state index in [1.165, 1.54) is 12.5 Å². The molecule has 0 aromatic heterocycles. The molecule has 0 unspecified atom stereocenters. The number of piperidine rings is 1. The largest absolute Gasteiger partial charge is 0.371 e. The molecule has 0 aliphatic carbocycles. The molecule has 158 valence electrons. The van der Waals surface area contributed by atoms with Crippen molar-refractivity contribution in [2.24, 2.45) is 0 Å². The van der Waals surface area contributed by atoms with Gasteiger partial charge < -0.3 is 15.5 Å². The molecule has 1 aliphatic heterocycles. The molecule has 1 fully saturated rings. The zero-order valence-electron chi connectivity index (χ0n) is 17.9. The minimum Gasteiger partial charge on any atom is -0.371 e. The fourth-order valence-electron chi connectivity index (χ4n) is 3.53. The summed E-state index contributed by atoms with van der Waals surface area (Å²) in [6.45, 7) is 5.95. The minimum absolute atomic E-state index is 0.0961. The Morgan fingerprint density at radius 3 is 2.50 bits per heavy atom. The van der Waals surface area contributed by atoms with Gasteiger partial charge in [0.1, 0.15) is 0 Å². The first kappa shape index (κ1) is 21.6. The van der Waals surface area contributed by atoms with Crippen LogP contribution in [0.25, 0.3) is 6.08 Å². The number of carbonyl (C=O) groups excluding carboxylic acids is 2. The molecule has 5 heteroatoms. The highest BCUT2D eigenvalue weighted by Gasteiger charge is 2.20. The third-order valence-electron chi connectivity index (χ3n) is 5.42. The molecule has 0 radical (unpaired) electrons. The third kappa shape index (κ3) is 5.96. The van der Waals surface area contributed by atoms with Crippen molar-refractivity contribution >= 4 is 29.3 Å². The van der Waals surface area contributed by atoms with Crippen molar-refractivity contribution in [3.05, 3.63) is 65.7 Å². The topological polar surface area (TPSA) is 61.4 Å². The number of anilines is 2. The Labute approximate surface area is 179 Å². The van der Waals surface area contributed by atoms with Gasteiger partial charge in [0.15, 0.2) is 0 Å². The normalized spacial score (nSPS) is 15.1. The summed E-state index contributed by atoms with van der Waals surface area (Å²) >= 11 is 0. The van der Waals surface area contributed by atoms with E-state index in [4.69, 9.17) is 0 Å². The van der Waals surface area contributed by atoms with Crippen LogP contribution in [0.5, 0.6) is 0 Å². The molecule has 2 aromatic rings. The Kier molecular flexibility index (Phi) is 7.66. The zero-order valence-corrected chi connectivity index (χ0v) is 17.9. The molecule has 1 aliphatic rings. The lowest BCUT2D eigenvalue weighted by atomic mass is 10.1. The number of benzene rings is 2. The predicted molar refractivity (Wildman–Crippen MR) is 124 cm³/mol. The number of carbonyl (C=O) groups is 2. The van der Waals surface area contributed by atoms with Gasteiger partial charge in [-0.25, -0.2) is 0 Å². The summed E-state index contributed by atoms with van der Waals surface area (Å²) in [6.07, 6.45) is 7.64. The summed E-state index contributed by atoms with van der Waals surface area (Å²) in [5.41, 5.74) is 3.13. The van der Waals surface area contributed by atoms with E-state index in [1.54, 1.807) is 12.1 Å². The first-order chi connectivity index (χ1) is 14.6. The van der Waals surface area contributed by atoms with Crippen LogP contribution in [0, 0.1) is 0 Å². The van der Waals surface area contributed by atoms with Gasteiger partial charge in [-0.1, -0.05) is 37.3 Å². The number of hydrogen-bond acceptors (Lipinski definition) is 3. The lowest BCUT2D eigenvalue weighted by molar-refractivity contribution is -0.111. The van der Waals surface area contributed by atoms with Crippen LogP contribution in [-0.4, -0.2) is 30.9 Å². The maximum absolute atomic E-state index is 13.0. The van der Waals surface area contributed by atoms with Crippen molar-refractivity contribution < 1.29 is 9.59 Å². The Hall–Kier alpha value is -3.08. The van der Waals surface area contributed by atoms with Crippen molar-refractivity contribution in [1.82, 2.24) is 5.32 Å². The summed E-state index contributed by atoms with van der Waals surface area (Å²) in [4.78, 5) is 27.6. The molecule has 5 nitrogen and oxygen atoms in total. The molecule has 0 spiro atoms. The fraction of sp³-hybridized carbons (Fsp3) is 0.360. The molecule has 2 N–H and O–H groups in total. The zero-order chi connectivity index (χ0) is 21.3. The second-order valence-corrected chi connectivity index (χ2v) is 7.80. The molecular formula is C25H31N3O2. The summed E-state index contributed by atoms with van der Waals surface area (Å²) in [5.74, 6) is -0.321. The Morgan fingerprint density at radius 1 is 1.07 bits per heavy atom. The average molecular weight is 406 g/mol. The monoisotopic (exact) mass is 405 g/mol. The number of amides is 2. The van der Waals surface area contributed by atoms with Gasteiger partial charge >= 0.3 is 0 Å². The molecule has 3 rings (SSSR count). The van der Waals surface area contributed by atoms with Crippen LogP contribution in [0.1, 0.15) is 55.5 Å². The van der Waals surface area contributed by atoms with Gasteiger partial charge in [0, 0.05) is 36.6 Å². The van der Waals surface area contributed by atoms with Crippen LogP contribution in [0.4, 0.5) is 11.4 Å². The van der Waals surface area contributed by atoms with E-state index in [2.05, 4.69) is 15.5 Å². The van der Waals surface area contributed by atoms with Crippen molar-refractivity contribution in [2.45, 2.75) is 45.6 Å². The number of nitrogens with zero attached hydrogens (tertiary/aromatic N) is 1.